The summed E-state index contributed by atoms with van der Waals surface area (Å²) in [5.74, 6) is 1.86. The number of aryl methyl sites for hydroxylation is 1. The average Bonchev–Trinajstić information content (AvgIpc) is 3.26. The van der Waals surface area contributed by atoms with Gasteiger partial charge in [0.2, 0.25) is 0 Å². The first-order valence-electron chi connectivity index (χ1n) is 12.0. The number of benzene rings is 2. The summed E-state index contributed by atoms with van der Waals surface area (Å²) in [4.78, 5) is 18.5. The van der Waals surface area contributed by atoms with Crippen molar-refractivity contribution in [1.82, 2.24) is 18.7 Å². The van der Waals surface area contributed by atoms with Crippen molar-refractivity contribution < 1.29 is 4.74 Å². The fourth-order valence-corrected chi connectivity index (χ4v) is 4.37. The number of allylic oxidation sites excluding steroid dienone is 1. The van der Waals surface area contributed by atoms with E-state index in [-0.39, 0.29) is 17.8 Å². The first kappa shape index (κ1) is 24.3. The Morgan fingerprint density at radius 1 is 1.09 bits per heavy atom. The van der Waals surface area contributed by atoms with Gasteiger partial charge in [-0.05, 0) is 63.4 Å². The van der Waals surface area contributed by atoms with Gasteiger partial charge in [0, 0.05) is 6.54 Å². The molecule has 0 fully saturated rings. The minimum atomic E-state index is -0.386. The zero-order valence-electron chi connectivity index (χ0n) is 21.2. The Kier molecular flexibility index (Phi) is 6.58. The van der Waals surface area contributed by atoms with E-state index in [1.54, 1.807) is 9.13 Å². The molecule has 182 valence electrons. The van der Waals surface area contributed by atoms with Crippen LogP contribution < -0.4 is 5.69 Å². The molecule has 0 spiro atoms. The van der Waals surface area contributed by atoms with Crippen LogP contribution in [0.2, 0.25) is 0 Å². The van der Waals surface area contributed by atoms with Gasteiger partial charge in [0.15, 0.2) is 0 Å². The van der Waals surface area contributed by atoms with Crippen LogP contribution in [0.5, 0.6) is 0 Å². The minimum Gasteiger partial charge on any atom is -0.491 e. The van der Waals surface area contributed by atoms with E-state index in [1.807, 2.05) is 63.2 Å². The highest BCUT2D eigenvalue weighted by Gasteiger charge is 2.20. The first-order valence-corrected chi connectivity index (χ1v) is 12.0. The van der Waals surface area contributed by atoms with Crippen molar-refractivity contribution in [2.45, 2.75) is 66.3 Å². The van der Waals surface area contributed by atoms with E-state index in [1.165, 1.54) is 0 Å². The predicted octanol–water partition coefficient (Wildman–Crippen LogP) is 5.45. The molecular formula is C28H33N5O2. The second-order valence-corrected chi connectivity index (χ2v) is 10.4. The number of nitrogens with zero attached hydrogens (tertiary/aromatic N) is 5. The second kappa shape index (κ2) is 9.46. The third-order valence-corrected chi connectivity index (χ3v) is 5.90. The Morgan fingerprint density at radius 3 is 2.40 bits per heavy atom. The zero-order chi connectivity index (χ0) is 25.3. The highest BCUT2D eigenvalue weighted by molar-refractivity contribution is 5.78. The molecule has 0 saturated carbocycles. The second-order valence-electron chi connectivity index (χ2n) is 10.4. The molecule has 7 heteroatoms. The molecule has 7 nitrogen and oxygen atoms in total. The SMILES string of the molecule is C=C(Cn1c(=O)n(Cc2nc3cc(C#N)ccc3n2CCC(C)C)c2ccccc21)OC(C)(C)C. The molecule has 0 radical (unpaired) electrons. The van der Waals surface area contributed by atoms with E-state index in [0.29, 0.717) is 23.8 Å². The lowest BCUT2D eigenvalue weighted by molar-refractivity contribution is 0.0458. The van der Waals surface area contributed by atoms with Crippen molar-refractivity contribution in [3.8, 4) is 6.07 Å². The summed E-state index contributed by atoms with van der Waals surface area (Å²) < 4.78 is 11.5. The highest BCUT2D eigenvalue weighted by Crippen LogP contribution is 2.22. The van der Waals surface area contributed by atoms with Crippen molar-refractivity contribution in [2.24, 2.45) is 5.92 Å². The molecule has 0 aliphatic rings. The molecule has 4 aromatic rings. The molecule has 0 bridgehead atoms. The van der Waals surface area contributed by atoms with Crippen LogP contribution in [0.4, 0.5) is 0 Å². The largest absolute Gasteiger partial charge is 0.491 e. The first-order chi connectivity index (χ1) is 16.6. The lowest BCUT2D eigenvalue weighted by Gasteiger charge is -2.23. The van der Waals surface area contributed by atoms with Crippen LogP contribution >= 0.6 is 0 Å². The smallest absolute Gasteiger partial charge is 0.329 e. The molecule has 0 atom stereocenters. The zero-order valence-corrected chi connectivity index (χ0v) is 21.2. The van der Waals surface area contributed by atoms with Gasteiger partial charge in [0.05, 0.1) is 46.8 Å². The van der Waals surface area contributed by atoms with Gasteiger partial charge in [-0.2, -0.15) is 5.26 Å². The van der Waals surface area contributed by atoms with Gasteiger partial charge in [-0.1, -0.05) is 32.6 Å². The molecule has 0 aliphatic heterocycles. The predicted molar refractivity (Wildman–Crippen MR) is 139 cm³/mol. The maximum atomic E-state index is 13.6. The summed E-state index contributed by atoms with van der Waals surface area (Å²) in [6.07, 6.45) is 0.985. The van der Waals surface area contributed by atoms with Crippen LogP contribution in [0.3, 0.4) is 0 Å². The monoisotopic (exact) mass is 471 g/mol. The topological polar surface area (TPSA) is 77.8 Å². The van der Waals surface area contributed by atoms with Crippen molar-refractivity contribution >= 4 is 22.1 Å². The van der Waals surface area contributed by atoms with Gasteiger partial charge < -0.3 is 9.30 Å². The van der Waals surface area contributed by atoms with Gasteiger partial charge in [-0.3, -0.25) is 9.13 Å². The van der Waals surface area contributed by atoms with Gasteiger partial charge in [-0.25, -0.2) is 9.78 Å². The molecule has 0 unspecified atom stereocenters. The molecule has 2 heterocycles. The molecule has 2 aromatic heterocycles. The van der Waals surface area contributed by atoms with Gasteiger partial charge in [0.1, 0.15) is 17.2 Å². The molecule has 0 saturated heterocycles. The van der Waals surface area contributed by atoms with Crippen molar-refractivity contribution in [3.63, 3.8) is 0 Å². The molecule has 2 aromatic carbocycles. The fourth-order valence-electron chi connectivity index (χ4n) is 4.37. The normalized spacial score (nSPS) is 11.9. The number of hydrogen-bond donors (Lipinski definition) is 0. The lowest BCUT2D eigenvalue weighted by atomic mass is 10.1. The third-order valence-electron chi connectivity index (χ3n) is 5.90. The van der Waals surface area contributed by atoms with E-state index in [4.69, 9.17) is 9.72 Å². The fraction of sp³-hybridized carbons (Fsp3) is 0.393. The van der Waals surface area contributed by atoms with Crippen LogP contribution in [0, 0.1) is 17.2 Å². The van der Waals surface area contributed by atoms with Crippen LogP contribution in [0.1, 0.15) is 52.4 Å². The summed E-state index contributed by atoms with van der Waals surface area (Å²) >= 11 is 0. The molecular weight excluding hydrogens is 438 g/mol. The van der Waals surface area contributed by atoms with E-state index in [2.05, 4.69) is 31.1 Å². The molecule has 4 rings (SSSR count). The molecule has 0 amide bonds. The van der Waals surface area contributed by atoms with Crippen molar-refractivity contribution in [3.05, 3.63) is 76.7 Å². The summed E-state index contributed by atoms with van der Waals surface area (Å²) in [6.45, 7) is 15.7. The Balaban J connectivity index is 1.79. The lowest BCUT2D eigenvalue weighted by Crippen LogP contribution is -2.28. The molecule has 35 heavy (non-hydrogen) atoms. The summed E-state index contributed by atoms with van der Waals surface area (Å²) in [5, 5.41) is 9.33. The Bertz CT molecular complexity index is 1490. The minimum absolute atomic E-state index is 0.134. The van der Waals surface area contributed by atoms with Gasteiger partial charge in [0.25, 0.3) is 0 Å². The van der Waals surface area contributed by atoms with Crippen molar-refractivity contribution in [2.75, 3.05) is 0 Å². The molecule has 0 aliphatic carbocycles. The van der Waals surface area contributed by atoms with E-state index in [0.717, 1.165) is 40.9 Å². The number of fused-ring (bicyclic) bond motifs is 2. The average molecular weight is 472 g/mol. The van der Waals surface area contributed by atoms with Crippen LogP contribution in [0.25, 0.3) is 22.1 Å². The van der Waals surface area contributed by atoms with Gasteiger partial charge >= 0.3 is 5.69 Å². The van der Waals surface area contributed by atoms with Crippen LogP contribution in [-0.4, -0.2) is 24.3 Å². The maximum absolute atomic E-state index is 13.6. The number of nitriles is 1. The van der Waals surface area contributed by atoms with E-state index >= 15 is 0 Å². The maximum Gasteiger partial charge on any atom is 0.329 e. The van der Waals surface area contributed by atoms with Crippen molar-refractivity contribution in [1.29, 1.82) is 5.26 Å². The number of hydrogen-bond acceptors (Lipinski definition) is 4. The Hall–Kier alpha value is -3.79. The summed E-state index contributed by atoms with van der Waals surface area (Å²) in [7, 11) is 0. The Morgan fingerprint density at radius 2 is 1.77 bits per heavy atom. The highest BCUT2D eigenvalue weighted by atomic mass is 16.5. The third kappa shape index (κ3) is 5.17. The number of aromatic nitrogens is 4. The number of para-hydroxylation sites is 2. The summed E-state index contributed by atoms with van der Waals surface area (Å²) in [5.41, 5.74) is 3.46. The quantitative estimate of drug-likeness (QED) is 0.320. The van der Waals surface area contributed by atoms with Crippen LogP contribution in [-0.2, 0) is 24.4 Å². The van der Waals surface area contributed by atoms with E-state index < -0.39 is 0 Å². The number of ether oxygens (including phenoxy) is 1. The van der Waals surface area contributed by atoms with E-state index in [9.17, 15) is 10.1 Å². The number of imidazole rings is 2. The summed E-state index contributed by atoms with van der Waals surface area (Å²) in [6, 6.07) is 15.5. The number of rotatable bonds is 8. The molecule has 0 N–H and O–H groups in total. The van der Waals surface area contributed by atoms with Gasteiger partial charge in [-0.15, -0.1) is 0 Å². The Labute approximate surface area is 205 Å². The van der Waals surface area contributed by atoms with Crippen LogP contribution in [0.15, 0.2) is 59.6 Å². The standard InChI is InChI=1S/C28H33N5O2/c1-19(2)13-14-31-23-12-11-21(16-29)15-22(23)30-26(31)18-33-25-10-8-7-9-24(25)32(27(33)34)17-20(3)35-28(4,5)6/h7-12,15,19H,3,13-14,17-18H2,1-2,4-6H3.